The van der Waals surface area contributed by atoms with Crippen molar-refractivity contribution in [3.8, 4) is 0 Å². The molecule has 122 valence electrons. The van der Waals surface area contributed by atoms with Gasteiger partial charge in [-0.25, -0.2) is 0 Å². The van der Waals surface area contributed by atoms with Crippen LogP contribution in [0.1, 0.15) is 42.4 Å². The molecule has 0 saturated carbocycles. The molecule has 0 aliphatic carbocycles. The van der Waals surface area contributed by atoms with Crippen LogP contribution >= 0.6 is 0 Å². The molecule has 0 amide bonds. The molecule has 2 fully saturated rings. The maximum Gasteiger partial charge on any atom is 0.0900 e. The number of β-amino-alcohol motifs (C(OH)–C–C–N with tert-alkyl or cyclic N) is 1. The number of benzene rings is 1. The Kier molecular flexibility index (Phi) is 4.86. The average Bonchev–Trinajstić information content (AvgIpc) is 2.94. The van der Waals surface area contributed by atoms with E-state index in [0.717, 1.165) is 39.0 Å². The topological polar surface area (TPSA) is 26.7 Å². The van der Waals surface area contributed by atoms with E-state index in [1.807, 2.05) is 0 Å². The first-order valence-corrected chi connectivity index (χ1v) is 8.77. The molecule has 2 heterocycles. The second-order valence-corrected chi connectivity index (χ2v) is 7.45. The lowest BCUT2D eigenvalue weighted by Gasteiger charge is -2.41. The average molecular weight is 302 g/mol. The zero-order valence-electron chi connectivity index (χ0n) is 14.1. The van der Waals surface area contributed by atoms with E-state index in [2.05, 4.69) is 41.8 Å². The molecular weight excluding hydrogens is 272 g/mol. The summed E-state index contributed by atoms with van der Waals surface area (Å²) < 4.78 is 0. The number of nitrogens with zero attached hydrogens (tertiary/aromatic N) is 2. The molecule has 1 atom stereocenters. The fourth-order valence-corrected chi connectivity index (χ4v) is 4.09. The summed E-state index contributed by atoms with van der Waals surface area (Å²) >= 11 is 0. The number of piperidine rings is 1. The fourth-order valence-electron chi connectivity index (χ4n) is 4.09. The van der Waals surface area contributed by atoms with Crippen molar-refractivity contribution in [1.29, 1.82) is 0 Å². The maximum atomic E-state index is 11.0. The van der Waals surface area contributed by atoms with Gasteiger partial charge in [-0.05, 0) is 70.3 Å². The molecule has 22 heavy (non-hydrogen) atoms. The van der Waals surface area contributed by atoms with Gasteiger partial charge in [-0.15, -0.1) is 0 Å². The van der Waals surface area contributed by atoms with Crippen molar-refractivity contribution in [2.45, 2.75) is 51.7 Å². The van der Waals surface area contributed by atoms with Gasteiger partial charge in [0, 0.05) is 19.6 Å². The summed E-state index contributed by atoms with van der Waals surface area (Å²) in [5.41, 5.74) is 3.58. The van der Waals surface area contributed by atoms with Crippen molar-refractivity contribution in [1.82, 2.24) is 9.80 Å². The molecule has 0 aromatic heterocycles. The van der Waals surface area contributed by atoms with E-state index >= 15 is 0 Å². The normalized spacial score (nSPS) is 27.4. The largest absolute Gasteiger partial charge is 0.387 e. The second kappa shape index (κ2) is 6.69. The Labute approximate surface area is 134 Å². The summed E-state index contributed by atoms with van der Waals surface area (Å²) in [5.74, 6) is 0. The lowest BCUT2D eigenvalue weighted by Crippen LogP contribution is -2.53. The van der Waals surface area contributed by atoms with Crippen LogP contribution in [-0.4, -0.2) is 53.2 Å². The lowest BCUT2D eigenvalue weighted by atomic mass is 9.91. The molecule has 2 saturated heterocycles. The minimum atomic E-state index is -0.513. The van der Waals surface area contributed by atoms with E-state index in [4.69, 9.17) is 0 Å². The van der Waals surface area contributed by atoms with Crippen LogP contribution in [0.3, 0.4) is 0 Å². The summed E-state index contributed by atoms with van der Waals surface area (Å²) in [4.78, 5) is 4.89. The molecule has 2 aliphatic rings. The molecule has 2 aliphatic heterocycles. The second-order valence-electron chi connectivity index (χ2n) is 7.45. The molecule has 3 heteroatoms. The number of aryl methyl sites for hydroxylation is 2. The van der Waals surface area contributed by atoms with E-state index in [9.17, 15) is 5.11 Å². The van der Waals surface area contributed by atoms with Crippen molar-refractivity contribution in [3.05, 3.63) is 34.9 Å². The molecule has 1 N–H and O–H groups in total. The molecule has 0 bridgehead atoms. The first kappa shape index (κ1) is 16.0. The Morgan fingerprint density at radius 1 is 1.05 bits per heavy atom. The van der Waals surface area contributed by atoms with Gasteiger partial charge < -0.3 is 10.0 Å². The molecule has 0 radical (unpaired) electrons. The minimum Gasteiger partial charge on any atom is -0.387 e. The Morgan fingerprint density at radius 2 is 1.77 bits per heavy atom. The van der Waals surface area contributed by atoms with Gasteiger partial charge in [0.2, 0.25) is 0 Å². The molecule has 0 spiro atoms. The van der Waals surface area contributed by atoms with Gasteiger partial charge in [-0.3, -0.25) is 4.90 Å². The lowest BCUT2D eigenvalue weighted by molar-refractivity contribution is -0.0519. The Hall–Kier alpha value is -0.900. The zero-order chi connectivity index (χ0) is 15.6. The van der Waals surface area contributed by atoms with E-state index in [0.29, 0.717) is 0 Å². The van der Waals surface area contributed by atoms with Crippen molar-refractivity contribution >= 4 is 0 Å². The van der Waals surface area contributed by atoms with Gasteiger partial charge in [0.1, 0.15) is 0 Å². The number of likely N-dealkylation sites (tertiary alicyclic amines) is 2. The Balaban J connectivity index is 1.62. The van der Waals surface area contributed by atoms with Gasteiger partial charge in [-0.1, -0.05) is 23.8 Å². The van der Waals surface area contributed by atoms with Crippen LogP contribution in [-0.2, 0) is 6.54 Å². The third-order valence-corrected chi connectivity index (χ3v) is 5.24. The van der Waals surface area contributed by atoms with Gasteiger partial charge in [0.15, 0.2) is 0 Å². The molecule has 1 aromatic carbocycles. The smallest absolute Gasteiger partial charge is 0.0900 e. The predicted octanol–water partition coefficient (Wildman–Crippen LogP) is 2.73. The molecule has 1 aromatic rings. The summed E-state index contributed by atoms with van der Waals surface area (Å²) in [6.07, 6.45) is 4.65. The quantitative estimate of drug-likeness (QED) is 0.926. The maximum absolute atomic E-state index is 11.0. The summed E-state index contributed by atoms with van der Waals surface area (Å²) in [6, 6.07) is 6.71. The Bertz CT molecular complexity index is 510. The molecule has 3 nitrogen and oxygen atoms in total. The van der Waals surface area contributed by atoms with E-state index in [1.54, 1.807) is 0 Å². The number of hydrogen-bond acceptors (Lipinski definition) is 3. The zero-order valence-corrected chi connectivity index (χ0v) is 14.1. The van der Waals surface area contributed by atoms with Crippen molar-refractivity contribution < 1.29 is 5.11 Å². The number of hydrogen-bond donors (Lipinski definition) is 1. The van der Waals surface area contributed by atoms with Gasteiger partial charge in [0.25, 0.3) is 0 Å². The van der Waals surface area contributed by atoms with Crippen LogP contribution in [0.2, 0.25) is 0 Å². The van der Waals surface area contributed by atoms with Crippen LogP contribution in [0, 0.1) is 13.8 Å². The Morgan fingerprint density at radius 3 is 2.50 bits per heavy atom. The van der Waals surface area contributed by atoms with Crippen molar-refractivity contribution in [2.75, 3.05) is 32.7 Å². The fraction of sp³-hybridized carbons (Fsp3) is 0.684. The van der Waals surface area contributed by atoms with Crippen LogP contribution in [0.15, 0.2) is 18.2 Å². The highest BCUT2D eigenvalue weighted by molar-refractivity contribution is 5.30. The summed E-state index contributed by atoms with van der Waals surface area (Å²) in [5, 5.41) is 11.0. The van der Waals surface area contributed by atoms with Crippen LogP contribution in [0.25, 0.3) is 0 Å². The van der Waals surface area contributed by atoms with E-state index < -0.39 is 5.60 Å². The van der Waals surface area contributed by atoms with Crippen LogP contribution < -0.4 is 0 Å². The predicted molar refractivity (Wildman–Crippen MR) is 91.1 cm³/mol. The number of aliphatic hydroxyl groups is 1. The molecule has 0 unspecified atom stereocenters. The van der Waals surface area contributed by atoms with E-state index in [-0.39, 0.29) is 0 Å². The van der Waals surface area contributed by atoms with Gasteiger partial charge in [-0.2, -0.15) is 0 Å². The summed E-state index contributed by atoms with van der Waals surface area (Å²) in [7, 11) is 0. The monoisotopic (exact) mass is 302 g/mol. The summed E-state index contributed by atoms with van der Waals surface area (Å²) in [6.45, 7) is 10.4. The highest BCUT2D eigenvalue weighted by atomic mass is 16.3. The molecular formula is C19H30N2O. The first-order valence-electron chi connectivity index (χ1n) is 8.77. The van der Waals surface area contributed by atoms with Crippen LogP contribution in [0.4, 0.5) is 0 Å². The minimum absolute atomic E-state index is 0.513. The highest BCUT2D eigenvalue weighted by Gasteiger charge is 2.35. The van der Waals surface area contributed by atoms with Crippen LogP contribution in [0.5, 0.6) is 0 Å². The molecule has 3 rings (SSSR count). The highest BCUT2D eigenvalue weighted by Crippen LogP contribution is 2.26. The SMILES string of the molecule is Cc1ccc(CN2CCC[C@@](O)(CN3CCCC3)C2)c(C)c1. The third-order valence-electron chi connectivity index (χ3n) is 5.24. The number of rotatable bonds is 4. The van der Waals surface area contributed by atoms with Gasteiger partial charge >= 0.3 is 0 Å². The standard InChI is InChI=1S/C19H30N2O/c1-16-6-7-18(17(2)12-16)13-21-11-5-8-19(22,15-21)14-20-9-3-4-10-20/h6-7,12,22H,3-5,8-11,13-15H2,1-2H3/t19-/m1/s1. The van der Waals surface area contributed by atoms with Crippen molar-refractivity contribution in [2.24, 2.45) is 0 Å². The van der Waals surface area contributed by atoms with Gasteiger partial charge in [0.05, 0.1) is 5.60 Å². The first-order chi connectivity index (χ1) is 10.5. The third kappa shape index (κ3) is 3.89. The van der Waals surface area contributed by atoms with E-state index in [1.165, 1.54) is 42.6 Å². The van der Waals surface area contributed by atoms with Crippen molar-refractivity contribution in [3.63, 3.8) is 0 Å².